The number of aromatic amines is 1. The average Bonchev–Trinajstić information content (AvgIpc) is 3.10. The van der Waals surface area contributed by atoms with E-state index in [4.69, 9.17) is 0 Å². The van der Waals surface area contributed by atoms with Gasteiger partial charge in [-0.25, -0.2) is 9.78 Å². The van der Waals surface area contributed by atoms with Crippen molar-refractivity contribution in [3.8, 4) is 0 Å². The van der Waals surface area contributed by atoms with Gasteiger partial charge in [0.05, 0.1) is 5.52 Å². The smallest absolute Gasteiger partial charge is 0.327 e. The molecule has 2 unspecified atom stereocenters. The number of amides is 1. The molecule has 0 saturated carbocycles. The molecule has 0 aromatic carbocycles. The summed E-state index contributed by atoms with van der Waals surface area (Å²) in [7, 11) is 3.25. The predicted octanol–water partition coefficient (Wildman–Crippen LogP) is 4.33. The van der Waals surface area contributed by atoms with Crippen molar-refractivity contribution in [1.82, 2.24) is 24.3 Å². The second-order valence-electron chi connectivity index (χ2n) is 10.6. The number of pyridine rings is 1. The standard InChI is InChI=1S/C28H37N5O2.C2H6O/c1-2-31-19-21(11-12-23(20-31)22-8-5-3-4-6-9-22)18-26(34)32-16-13-24(14-17-32)33-25-10-7-15-29-27(25)30-28(33)35;1-3-2/h3-5,7-10,15,21,23-24H,2,6,11-14,16-20H2,1H3,(H,29,30,35);1-2H3. The summed E-state index contributed by atoms with van der Waals surface area (Å²) < 4.78 is 6.08. The van der Waals surface area contributed by atoms with Crippen molar-refractivity contribution in [1.29, 1.82) is 0 Å². The third-order valence-electron chi connectivity index (χ3n) is 8.00. The molecule has 1 amide bonds. The minimum absolute atomic E-state index is 0.106. The first-order valence-corrected chi connectivity index (χ1v) is 14.0. The Bertz CT molecular complexity index is 1200. The quantitative estimate of drug-likeness (QED) is 0.633. The Morgan fingerprint density at radius 1 is 1.13 bits per heavy atom. The number of hydrogen-bond donors (Lipinski definition) is 1. The monoisotopic (exact) mass is 521 g/mol. The number of ether oxygens (including phenoxy) is 1. The van der Waals surface area contributed by atoms with Crippen LogP contribution in [0.4, 0.5) is 0 Å². The molecule has 3 aliphatic rings. The van der Waals surface area contributed by atoms with Crippen molar-refractivity contribution in [3.63, 3.8) is 0 Å². The summed E-state index contributed by atoms with van der Waals surface area (Å²) in [5.74, 6) is 1.22. The first-order valence-electron chi connectivity index (χ1n) is 14.0. The molecule has 0 bridgehead atoms. The summed E-state index contributed by atoms with van der Waals surface area (Å²) in [5, 5.41) is 0. The Morgan fingerprint density at radius 3 is 2.68 bits per heavy atom. The van der Waals surface area contributed by atoms with Gasteiger partial charge >= 0.3 is 5.69 Å². The molecular formula is C30H43N5O3. The van der Waals surface area contributed by atoms with Gasteiger partial charge in [0.15, 0.2) is 5.65 Å². The second kappa shape index (κ2) is 13.7. The van der Waals surface area contributed by atoms with E-state index in [-0.39, 0.29) is 17.6 Å². The summed E-state index contributed by atoms with van der Waals surface area (Å²) in [5.41, 5.74) is 2.83. The lowest BCUT2D eigenvalue weighted by molar-refractivity contribution is -0.133. The number of nitrogens with one attached hydrogen (secondary N) is 1. The van der Waals surface area contributed by atoms with Gasteiger partial charge in [-0.15, -0.1) is 0 Å². The van der Waals surface area contributed by atoms with Crippen molar-refractivity contribution < 1.29 is 9.53 Å². The van der Waals surface area contributed by atoms with E-state index in [0.29, 0.717) is 37.0 Å². The molecule has 206 valence electrons. The number of nitrogens with zero attached hydrogens (tertiary/aromatic N) is 4. The summed E-state index contributed by atoms with van der Waals surface area (Å²) in [6.07, 6.45) is 18.3. The van der Waals surface area contributed by atoms with Crippen LogP contribution in [0.25, 0.3) is 11.2 Å². The number of methoxy groups -OCH3 is 1. The summed E-state index contributed by atoms with van der Waals surface area (Å²) >= 11 is 0. The number of piperidine rings is 1. The van der Waals surface area contributed by atoms with Gasteiger partial charge in [-0.1, -0.05) is 37.3 Å². The highest BCUT2D eigenvalue weighted by Crippen LogP contribution is 2.31. The Labute approximate surface area is 226 Å². The molecule has 2 saturated heterocycles. The lowest BCUT2D eigenvalue weighted by atomic mass is 9.90. The van der Waals surface area contributed by atoms with E-state index in [2.05, 4.69) is 56.9 Å². The third-order valence-corrected chi connectivity index (χ3v) is 8.00. The molecule has 4 heterocycles. The van der Waals surface area contributed by atoms with Crippen molar-refractivity contribution >= 4 is 17.1 Å². The molecule has 8 nitrogen and oxygen atoms in total. The lowest BCUT2D eigenvalue weighted by Gasteiger charge is -2.33. The summed E-state index contributed by atoms with van der Waals surface area (Å²) in [4.78, 5) is 37.5. The van der Waals surface area contributed by atoms with Crippen LogP contribution in [0.2, 0.25) is 0 Å². The molecule has 5 rings (SSSR count). The molecule has 2 aliphatic heterocycles. The van der Waals surface area contributed by atoms with Crippen molar-refractivity contribution in [2.24, 2.45) is 11.8 Å². The molecule has 2 aromatic rings. The molecular weight excluding hydrogens is 478 g/mol. The van der Waals surface area contributed by atoms with Gasteiger partial charge in [-0.3, -0.25) is 14.3 Å². The number of H-pyrrole nitrogens is 1. The van der Waals surface area contributed by atoms with Crippen LogP contribution >= 0.6 is 0 Å². The third kappa shape index (κ3) is 6.91. The van der Waals surface area contributed by atoms with Crippen LogP contribution in [0.5, 0.6) is 0 Å². The number of carbonyl (C=O) groups is 1. The first kappa shape index (κ1) is 28.0. The van der Waals surface area contributed by atoms with Gasteiger partial charge in [-0.2, -0.15) is 0 Å². The maximum absolute atomic E-state index is 13.3. The molecule has 2 fully saturated rings. The fourth-order valence-electron chi connectivity index (χ4n) is 6.04. The van der Waals surface area contributed by atoms with Gasteiger partial charge in [0.2, 0.25) is 5.91 Å². The van der Waals surface area contributed by atoms with Crippen LogP contribution in [0.3, 0.4) is 0 Å². The van der Waals surface area contributed by atoms with Crippen LogP contribution in [0.1, 0.15) is 51.5 Å². The number of rotatable bonds is 5. The van der Waals surface area contributed by atoms with E-state index >= 15 is 0 Å². The topological polar surface area (TPSA) is 83.5 Å². The number of likely N-dealkylation sites (tertiary alicyclic amines) is 2. The summed E-state index contributed by atoms with van der Waals surface area (Å²) in [6, 6.07) is 3.91. The highest BCUT2D eigenvalue weighted by molar-refractivity contribution is 5.76. The van der Waals surface area contributed by atoms with Crippen molar-refractivity contribution in [2.75, 3.05) is 46.9 Å². The van der Waals surface area contributed by atoms with Gasteiger partial charge in [0.25, 0.3) is 0 Å². The number of aromatic nitrogens is 3. The zero-order valence-electron chi connectivity index (χ0n) is 23.1. The SMILES string of the molecule is CCN1CC(CC(=O)N2CCC(n3c(=O)[nH]c4ncccc43)CC2)CCC(C2=CCC=CC=C2)C1.COC. The minimum atomic E-state index is -0.106. The van der Waals surface area contributed by atoms with Crippen LogP contribution in [-0.4, -0.2) is 77.2 Å². The Balaban J connectivity index is 0.00000107. The Morgan fingerprint density at radius 2 is 1.92 bits per heavy atom. The molecule has 1 aliphatic carbocycles. The fourth-order valence-corrected chi connectivity index (χ4v) is 6.04. The summed E-state index contributed by atoms with van der Waals surface area (Å²) in [6.45, 7) is 6.75. The second-order valence-corrected chi connectivity index (χ2v) is 10.6. The van der Waals surface area contributed by atoms with E-state index in [1.54, 1.807) is 20.4 Å². The zero-order valence-corrected chi connectivity index (χ0v) is 23.1. The van der Waals surface area contributed by atoms with E-state index in [1.807, 2.05) is 21.6 Å². The highest BCUT2D eigenvalue weighted by atomic mass is 16.4. The van der Waals surface area contributed by atoms with Gasteiger partial charge in [-0.05, 0) is 68.2 Å². The van der Waals surface area contributed by atoms with Crippen molar-refractivity contribution in [3.05, 3.63) is 64.8 Å². The van der Waals surface area contributed by atoms with Crippen LogP contribution in [0.15, 0.2) is 59.1 Å². The molecule has 1 N–H and O–H groups in total. The molecule has 0 radical (unpaired) electrons. The molecule has 2 aromatic heterocycles. The van der Waals surface area contributed by atoms with Gasteiger partial charge in [0, 0.05) is 59.1 Å². The first-order chi connectivity index (χ1) is 18.5. The van der Waals surface area contributed by atoms with Crippen molar-refractivity contribution in [2.45, 2.75) is 51.5 Å². The molecule has 8 heteroatoms. The number of carbonyl (C=O) groups excluding carboxylic acids is 1. The predicted molar refractivity (Wildman–Crippen MR) is 152 cm³/mol. The van der Waals surface area contributed by atoms with E-state index in [9.17, 15) is 9.59 Å². The van der Waals surface area contributed by atoms with Crippen LogP contribution in [0, 0.1) is 11.8 Å². The Kier molecular flexibility index (Phi) is 10.1. The van der Waals surface area contributed by atoms with Crippen LogP contribution in [-0.2, 0) is 9.53 Å². The largest absolute Gasteiger partial charge is 0.388 e. The van der Waals surface area contributed by atoms with E-state index in [1.165, 1.54) is 5.57 Å². The number of allylic oxidation sites excluding steroid dienone is 5. The fraction of sp³-hybridized carbons (Fsp3) is 0.567. The number of fused-ring (bicyclic) bond motifs is 1. The highest BCUT2D eigenvalue weighted by Gasteiger charge is 2.30. The zero-order chi connectivity index (χ0) is 26.9. The molecule has 2 atom stereocenters. The minimum Gasteiger partial charge on any atom is -0.388 e. The van der Waals surface area contributed by atoms with Gasteiger partial charge in [0.1, 0.15) is 0 Å². The lowest BCUT2D eigenvalue weighted by Crippen LogP contribution is -2.41. The number of imidazole rings is 1. The maximum atomic E-state index is 13.3. The molecule has 0 spiro atoms. The Hall–Kier alpha value is -2.97. The molecule has 38 heavy (non-hydrogen) atoms. The maximum Gasteiger partial charge on any atom is 0.327 e. The van der Waals surface area contributed by atoms with E-state index < -0.39 is 0 Å². The average molecular weight is 522 g/mol. The van der Waals surface area contributed by atoms with E-state index in [0.717, 1.165) is 57.3 Å². The van der Waals surface area contributed by atoms with Gasteiger partial charge < -0.3 is 14.5 Å². The normalized spacial score (nSPS) is 22.9. The van der Waals surface area contributed by atoms with Crippen LogP contribution < -0.4 is 5.69 Å². The number of hydrogen-bond acceptors (Lipinski definition) is 5.